The van der Waals surface area contributed by atoms with Gasteiger partial charge >= 0.3 is 0 Å². The fourth-order valence-electron chi connectivity index (χ4n) is 1.94. The summed E-state index contributed by atoms with van der Waals surface area (Å²) >= 11 is 1.45. The van der Waals surface area contributed by atoms with Gasteiger partial charge in [0.2, 0.25) is 0 Å². The van der Waals surface area contributed by atoms with Gasteiger partial charge in [-0.1, -0.05) is 30.0 Å². The molecule has 2 aromatic rings. The van der Waals surface area contributed by atoms with Crippen molar-refractivity contribution in [1.82, 2.24) is 15.3 Å². The minimum absolute atomic E-state index is 0. The van der Waals surface area contributed by atoms with Crippen molar-refractivity contribution in [1.29, 1.82) is 0 Å². The van der Waals surface area contributed by atoms with Gasteiger partial charge in [-0.15, -0.1) is 24.0 Å². The van der Waals surface area contributed by atoms with E-state index >= 15 is 0 Å². The zero-order valence-electron chi connectivity index (χ0n) is 13.0. The quantitative estimate of drug-likeness (QED) is 0.310. The number of unbranched alkanes of at least 4 members (excludes halogenated alkanes) is 1. The molecule has 1 aromatic heterocycles. The summed E-state index contributed by atoms with van der Waals surface area (Å²) in [7, 11) is 0. The van der Waals surface area contributed by atoms with Gasteiger partial charge in [0.05, 0.1) is 6.33 Å². The number of rotatable bonds is 6. The van der Waals surface area contributed by atoms with Crippen LogP contribution in [0.25, 0.3) is 0 Å². The number of H-pyrrole nitrogens is 1. The molecule has 0 aliphatic heterocycles. The van der Waals surface area contributed by atoms with Gasteiger partial charge in [0.15, 0.2) is 5.17 Å². The third kappa shape index (κ3) is 7.17. The number of nitrogens with one attached hydrogen (secondary N) is 2. The van der Waals surface area contributed by atoms with Gasteiger partial charge in [-0.3, -0.25) is 9.79 Å². The number of thioether (sulfide) groups is 1. The van der Waals surface area contributed by atoms with Crippen LogP contribution in [-0.2, 0) is 6.42 Å². The number of aromatic nitrogens is 2. The highest BCUT2D eigenvalue weighted by molar-refractivity contribution is 14.0. The largest absolute Gasteiger partial charge is 0.348 e. The Labute approximate surface area is 157 Å². The number of imidazole rings is 1. The Kier molecular flexibility index (Phi) is 9.61. The maximum absolute atomic E-state index is 12.0. The van der Waals surface area contributed by atoms with Crippen molar-refractivity contribution in [2.24, 2.45) is 4.99 Å². The molecule has 0 saturated carbocycles. The number of halogens is 1. The molecule has 0 atom stereocenters. The molecule has 5 nitrogen and oxygen atoms in total. The van der Waals surface area contributed by atoms with E-state index in [1.807, 2.05) is 30.7 Å². The highest BCUT2D eigenvalue weighted by Gasteiger charge is 2.07. The molecule has 0 fully saturated rings. The molecule has 0 spiro atoms. The molecule has 0 unspecified atom stereocenters. The van der Waals surface area contributed by atoms with Crippen LogP contribution in [0.3, 0.4) is 0 Å². The molecule has 0 bridgehead atoms. The molecule has 7 heteroatoms. The van der Waals surface area contributed by atoms with Crippen molar-refractivity contribution in [3.8, 4) is 0 Å². The monoisotopic (exact) mass is 444 g/mol. The Balaban J connectivity index is 0.00000264. The molecule has 2 N–H and O–H groups in total. The number of aromatic amines is 1. The van der Waals surface area contributed by atoms with Gasteiger partial charge in [-0.05, 0) is 37.7 Å². The van der Waals surface area contributed by atoms with Crippen molar-refractivity contribution in [2.75, 3.05) is 12.8 Å². The number of aliphatic imine (C=N–C) groups is 1. The number of hydrogen-bond donors (Lipinski definition) is 2. The molecular weight excluding hydrogens is 423 g/mol. The maximum Gasteiger partial charge on any atom is 0.257 e. The van der Waals surface area contributed by atoms with E-state index in [1.165, 1.54) is 11.8 Å². The van der Waals surface area contributed by atoms with Gasteiger partial charge in [-0.25, -0.2) is 4.98 Å². The van der Waals surface area contributed by atoms with Gasteiger partial charge in [-0.2, -0.15) is 0 Å². The first-order chi connectivity index (χ1) is 10.8. The number of amides is 1. The Morgan fingerprint density at radius 2 is 2.09 bits per heavy atom. The summed E-state index contributed by atoms with van der Waals surface area (Å²) in [5, 5.41) is 3.51. The summed E-state index contributed by atoms with van der Waals surface area (Å²) in [5.74, 6) is -0.119. The van der Waals surface area contributed by atoms with Crippen LogP contribution in [0, 0.1) is 0 Å². The average molecular weight is 444 g/mol. The van der Waals surface area contributed by atoms with Gasteiger partial charge in [0.1, 0.15) is 0 Å². The summed E-state index contributed by atoms with van der Waals surface area (Å²) in [5.41, 5.74) is 1.79. The van der Waals surface area contributed by atoms with E-state index in [0.717, 1.165) is 25.0 Å². The molecular formula is C16H21IN4OS. The van der Waals surface area contributed by atoms with Crippen LogP contribution in [0.5, 0.6) is 0 Å². The Hall–Kier alpha value is -1.35. The lowest BCUT2D eigenvalue weighted by Crippen LogP contribution is -2.28. The number of benzene rings is 1. The molecule has 0 aliphatic rings. The smallest absolute Gasteiger partial charge is 0.257 e. The molecule has 2 rings (SSSR count). The van der Waals surface area contributed by atoms with E-state index < -0.39 is 0 Å². The topological polar surface area (TPSA) is 70.1 Å². The zero-order valence-corrected chi connectivity index (χ0v) is 16.1. The van der Waals surface area contributed by atoms with Crippen molar-refractivity contribution < 1.29 is 4.79 Å². The molecule has 0 saturated heterocycles. The van der Waals surface area contributed by atoms with Crippen molar-refractivity contribution in [3.05, 3.63) is 54.1 Å². The molecule has 23 heavy (non-hydrogen) atoms. The Bertz CT molecular complexity index is 602. The van der Waals surface area contributed by atoms with E-state index in [9.17, 15) is 4.79 Å². The number of carbonyl (C=O) groups is 1. The number of nitrogens with zero attached hydrogens (tertiary/aromatic N) is 2. The second-order valence-electron chi connectivity index (χ2n) is 4.75. The minimum Gasteiger partial charge on any atom is -0.348 e. The molecule has 0 radical (unpaired) electrons. The number of hydrogen-bond acceptors (Lipinski definition) is 4. The van der Waals surface area contributed by atoms with Gasteiger partial charge < -0.3 is 10.3 Å². The summed E-state index contributed by atoms with van der Waals surface area (Å²) < 4.78 is 0. The second-order valence-corrected chi connectivity index (χ2v) is 5.54. The summed E-state index contributed by atoms with van der Waals surface area (Å²) in [6.07, 6.45) is 8.44. The highest BCUT2D eigenvalue weighted by Crippen LogP contribution is 2.04. The predicted octanol–water partition coefficient (Wildman–Crippen LogP) is 3.50. The van der Waals surface area contributed by atoms with E-state index in [4.69, 9.17) is 0 Å². The average Bonchev–Trinajstić information content (AvgIpc) is 3.07. The SMILES string of the molecule is CSC(=NCCCCc1cnc[nH]1)NC(=O)c1ccccc1.I. The Morgan fingerprint density at radius 3 is 2.74 bits per heavy atom. The van der Waals surface area contributed by atoms with Crippen LogP contribution >= 0.6 is 35.7 Å². The van der Waals surface area contributed by atoms with E-state index in [-0.39, 0.29) is 29.9 Å². The summed E-state index contributed by atoms with van der Waals surface area (Å²) in [6.45, 7) is 0.708. The van der Waals surface area contributed by atoms with Crippen LogP contribution in [0.2, 0.25) is 0 Å². The van der Waals surface area contributed by atoms with Gasteiger partial charge in [0, 0.05) is 24.0 Å². The van der Waals surface area contributed by atoms with Crippen LogP contribution in [-0.4, -0.2) is 33.8 Å². The first kappa shape index (κ1) is 19.7. The van der Waals surface area contributed by atoms with Crippen LogP contribution in [0.1, 0.15) is 28.9 Å². The highest BCUT2D eigenvalue weighted by atomic mass is 127. The van der Waals surface area contributed by atoms with E-state index in [1.54, 1.807) is 18.5 Å². The second kappa shape index (κ2) is 11.2. The predicted molar refractivity (Wildman–Crippen MR) is 107 cm³/mol. The van der Waals surface area contributed by atoms with E-state index in [2.05, 4.69) is 20.3 Å². The first-order valence-corrected chi connectivity index (χ1v) is 8.44. The van der Waals surface area contributed by atoms with E-state index in [0.29, 0.717) is 17.3 Å². The van der Waals surface area contributed by atoms with Crippen molar-refractivity contribution in [2.45, 2.75) is 19.3 Å². The van der Waals surface area contributed by atoms with Gasteiger partial charge in [0.25, 0.3) is 5.91 Å². The lowest BCUT2D eigenvalue weighted by atomic mass is 10.2. The lowest BCUT2D eigenvalue weighted by molar-refractivity contribution is 0.0978. The molecule has 1 heterocycles. The van der Waals surface area contributed by atoms with Crippen molar-refractivity contribution in [3.63, 3.8) is 0 Å². The lowest BCUT2D eigenvalue weighted by Gasteiger charge is -2.06. The molecule has 1 aromatic carbocycles. The Morgan fingerprint density at radius 1 is 1.30 bits per heavy atom. The molecule has 0 aliphatic carbocycles. The summed E-state index contributed by atoms with van der Waals surface area (Å²) in [6, 6.07) is 9.16. The maximum atomic E-state index is 12.0. The fourth-order valence-corrected chi connectivity index (χ4v) is 2.36. The van der Waals surface area contributed by atoms with Crippen LogP contribution in [0.15, 0.2) is 47.8 Å². The number of carbonyl (C=O) groups excluding carboxylic acids is 1. The summed E-state index contributed by atoms with van der Waals surface area (Å²) in [4.78, 5) is 23.6. The minimum atomic E-state index is -0.119. The fraction of sp³-hybridized carbons (Fsp3) is 0.312. The number of amidine groups is 1. The standard InChI is InChI=1S/C16H20N4OS.HI/c1-22-16(20-15(21)13-7-3-2-4-8-13)18-10-6-5-9-14-11-17-12-19-14;/h2-4,7-8,11-12H,5-6,9-10H2,1H3,(H,17,19)(H,18,20,21);1H. The molecule has 1 amide bonds. The molecule has 124 valence electrons. The normalized spacial score (nSPS) is 10.9. The van der Waals surface area contributed by atoms with Crippen molar-refractivity contribution >= 4 is 46.8 Å². The third-order valence-corrected chi connectivity index (χ3v) is 3.73. The third-order valence-electron chi connectivity index (χ3n) is 3.11. The zero-order chi connectivity index (χ0) is 15.6. The van der Waals surface area contributed by atoms with Crippen LogP contribution in [0.4, 0.5) is 0 Å². The number of aryl methyl sites for hydroxylation is 1. The first-order valence-electron chi connectivity index (χ1n) is 7.21. The van der Waals surface area contributed by atoms with Crippen LogP contribution < -0.4 is 5.32 Å².